The molecule has 0 unspecified atom stereocenters. The summed E-state index contributed by atoms with van der Waals surface area (Å²) in [6.07, 6.45) is 18.6. The van der Waals surface area contributed by atoms with Gasteiger partial charge in [0.2, 0.25) is 5.88 Å². The average Bonchev–Trinajstić information content (AvgIpc) is 3.06. The third kappa shape index (κ3) is 14.4. The number of ether oxygens (including phenoxy) is 2. The molecule has 236 valence electrons. The molecule has 1 aromatic heterocycles. The molecule has 2 aromatic carbocycles. The van der Waals surface area contributed by atoms with Gasteiger partial charge in [0.05, 0.1) is 7.11 Å². The number of aromatic hydroxyl groups is 1. The highest BCUT2D eigenvalue weighted by atomic mass is 16.5. The van der Waals surface area contributed by atoms with Crippen molar-refractivity contribution in [3.05, 3.63) is 77.5 Å². The van der Waals surface area contributed by atoms with E-state index in [4.69, 9.17) is 9.47 Å². The van der Waals surface area contributed by atoms with Crippen molar-refractivity contribution in [3.8, 4) is 30.2 Å². The smallest absolute Gasteiger partial charge is 0.213 e. The molecule has 0 aliphatic heterocycles. The highest BCUT2D eigenvalue weighted by molar-refractivity contribution is 5.51. The van der Waals surface area contributed by atoms with Crippen molar-refractivity contribution >= 4 is 5.69 Å². The van der Waals surface area contributed by atoms with Crippen LogP contribution in [0.25, 0.3) is 0 Å². The van der Waals surface area contributed by atoms with Gasteiger partial charge >= 0.3 is 0 Å². The number of pyridine rings is 1. The largest absolute Gasteiger partial charge is 0.508 e. The number of aromatic nitrogens is 1. The van der Waals surface area contributed by atoms with Gasteiger partial charge in [-0.05, 0) is 93.6 Å². The Morgan fingerprint density at radius 3 is 2.30 bits per heavy atom. The molecule has 43 heavy (non-hydrogen) atoms. The summed E-state index contributed by atoms with van der Waals surface area (Å²) < 4.78 is 11.1. The van der Waals surface area contributed by atoms with Crippen molar-refractivity contribution in [2.24, 2.45) is 0 Å². The van der Waals surface area contributed by atoms with E-state index in [0.717, 1.165) is 49.6 Å². The molecule has 0 radical (unpaired) electrons. The maximum absolute atomic E-state index is 9.19. The minimum Gasteiger partial charge on any atom is -0.508 e. The normalized spacial score (nSPS) is 11.4. The summed E-state index contributed by atoms with van der Waals surface area (Å²) in [6, 6.07) is 17.9. The van der Waals surface area contributed by atoms with Gasteiger partial charge in [0, 0.05) is 43.7 Å². The molecule has 0 bridgehead atoms. The maximum Gasteiger partial charge on any atom is 0.213 e. The number of nitrogens with zero attached hydrogens (tertiary/aromatic N) is 3. The number of phenolic OH excluding ortho intramolecular Hbond substituents is 1. The minimum absolute atomic E-state index is 0.408. The fraction of sp³-hybridized carbons (Fsp3) is 0.486. The van der Waals surface area contributed by atoms with E-state index >= 15 is 0 Å². The first-order valence-electron chi connectivity index (χ1n) is 15.8. The quantitative estimate of drug-likeness (QED) is 0.160. The van der Waals surface area contributed by atoms with Crippen molar-refractivity contribution < 1.29 is 14.6 Å². The molecule has 0 fully saturated rings. The Hall–Kier alpha value is -3.69. The van der Waals surface area contributed by atoms with Crippen molar-refractivity contribution in [2.75, 3.05) is 45.3 Å². The fourth-order valence-corrected chi connectivity index (χ4v) is 4.77. The minimum atomic E-state index is 0.408. The van der Waals surface area contributed by atoms with Gasteiger partial charge < -0.3 is 24.4 Å². The summed E-state index contributed by atoms with van der Waals surface area (Å²) in [5, 5.41) is 9.19. The molecule has 1 aliphatic carbocycles. The van der Waals surface area contributed by atoms with Gasteiger partial charge in [0.25, 0.3) is 0 Å². The summed E-state index contributed by atoms with van der Waals surface area (Å²) in [7, 11) is 3.84. The number of phenols is 1. The number of methoxy groups -OCH3 is 1. The summed E-state index contributed by atoms with van der Waals surface area (Å²) in [5.74, 6) is 1.97. The van der Waals surface area contributed by atoms with Crippen LogP contribution in [0.3, 0.4) is 0 Å². The summed E-state index contributed by atoms with van der Waals surface area (Å²) in [5.41, 5.74) is 5.08. The monoisotopic (exact) mass is 589 g/mol. The third-order valence-corrected chi connectivity index (χ3v) is 7.17. The van der Waals surface area contributed by atoms with Crippen LogP contribution >= 0.6 is 0 Å². The molecule has 0 spiro atoms. The average molecular weight is 590 g/mol. The number of anilines is 1. The Morgan fingerprint density at radius 1 is 0.907 bits per heavy atom. The Morgan fingerprint density at radius 2 is 1.65 bits per heavy atom. The van der Waals surface area contributed by atoms with Crippen LogP contribution in [-0.2, 0) is 19.4 Å². The lowest BCUT2D eigenvalue weighted by atomic mass is 9.92. The molecular formula is C37H55N3O3. The molecule has 6 heteroatoms. The first-order chi connectivity index (χ1) is 21.0. The standard InChI is InChI=1S/C23H35N3O2.C10H12O.C2H6.C2H2/c1-5-7-8-14-25(3)15-16-28-23-13-12-20(18-24-23)19-26(6-2)21-10-9-11-22(17-21)27-4;11-10-6-5-8-3-1-2-4-9(8)7-10;2*1-2/h9-13,17-18H,5-8,14-16,19H2,1-4H3;5-7,11H,1-4H2;1-2H3;1-2H. The molecule has 1 N–H and O–H groups in total. The van der Waals surface area contributed by atoms with Crippen molar-refractivity contribution in [2.45, 2.75) is 79.2 Å². The number of rotatable bonds is 13. The lowest BCUT2D eigenvalue weighted by Crippen LogP contribution is -2.25. The SMILES string of the molecule is C#C.CC.CCCCCN(C)CCOc1ccc(CN(CC)c2cccc(OC)c2)cn1.Oc1ccc2c(c1)CCCC2. The Balaban J connectivity index is 0.000000507. The second-order valence-corrected chi connectivity index (χ2v) is 10.2. The van der Waals surface area contributed by atoms with Crippen molar-refractivity contribution in [1.82, 2.24) is 9.88 Å². The van der Waals surface area contributed by atoms with E-state index in [9.17, 15) is 5.11 Å². The van der Waals surface area contributed by atoms with Gasteiger partial charge in [-0.1, -0.05) is 51.8 Å². The molecular weight excluding hydrogens is 534 g/mol. The summed E-state index contributed by atoms with van der Waals surface area (Å²) in [6.45, 7) is 12.8. The number of fused-ring (bicyclic) bond motifs is 1. The van der Waals surface area contributed by atoms with Crippen LogP contribution in [0.1, 0.15) is 76.5 Å². The van der Waals surface area contributed by atoms with E-state index in [0.29, 0.717) is 18.2 Å². The lowest BCUT2D eigenvalue weighted by molar-refractivity contribution is 0.229. The third-order valence-electron chi connectivity index (χ3n) is 7.17. The van der Waals surface area contributed by atoms with E-state index < -0.39 is 0 Å². The van der Waals surface area contributed by atoms with Crippen LogP contribution in [0.5, 0.6) is 17.4 Å². The van der Waals surface area contributed by atoms with Crippen LogP contribution in [-0.4, -0.2) is 55.4 Å². The Kier molecular flexibility index (Phi) is 19.8. The predicted octanol–water partition coefficient (Wildman–Crippen LogP) is 8.16. The Labute approximate surface area is 262 Å². The van der Waals surface area contributed by atoms with Crippen molar-refractivity contribution in [3.63, 3.8) is 0 Å². The second kappa shape index (κ2) is 22.9. The molecule has 4 rings (SSSR count). The molecule has 3 aromatic rings. The topological polar surface area (TPSA) is 58.1 Å². The zero-order valence-corrected chi connectivity index (χ0v) is 27.5. The number of hydrogen-bond donors (Lipinski definition) is 1. The lowest BCUT2D eigenvalue weighted by Gasteiger charge is -2.23. The molecule has 0 amide bonds. The second-order valence-electron chi connectivity index (χ2n) is 10.2. The molecule has 1 heterocycles. The van der Waals surface area contributed by atoms with Gasteiger partial charge in [0.15, 0.2) is 0 Å². The Bertz CT molecular complexity index is 1150. The number of aryl methyl sites for hydroxylation is 2. The molecule has 6 nitrogen and oxygen atoms in total. The molecule has 0 saturated heterocycles. The molecule has 0 saturated carbocycles. The van der Waals surface area contributed by atoms with E-state index in [1.165, 1.54) is 49.7 Å². The van der Waals surface area contributed by atoms with Crippen LogP contribution in [0.2, 0.25) is 0 Å². The number of hydrogen-bond acceptors (Lipinski definition) is 6. The van der Waals surface area contributed by atoms with Crippen LogP contribution < -0.4 is 14.4 Å². The summed E-state index contributed by atoms with van der Waals surface area (Å²) >= 11 is 0. The van der Waals surface area contributed by atoms with Gasteiger partial charge in [-0.15, -0.1) is 12.8 Å². The van der Waals surface area contributed by atoms with Gasteiger partial charge in [-0.3, -0.25) is 0 Å². The first-order valence-corrected chi connectivity index (χ1v) is 15.8. The van der Waals surface area contributed by atoms with E-state index in [1.54, 1.807) is 13.2 Å². The maximum atomic E-state index is 9.19. The zero-order chi connectivity index (χ0) is 31.9. The number of likely N-dealkylation sites (N-methyl/N-ethyl adjacent to an activating group) is 1. The molecule has 0 atom stereocenters. The van der Waals surface area contributed by atoms with Gasteiger partial charge in [-0.2, -0.15) is 0 Å². The van der Waals surface area contributed by atoms with Crippen molar-refractivity contribution in [1.29, 1.82) is 0 Å². The summed E-state index contributed by atoms with van der Waals surface area (Å²) in [4.78, 5) is 9.09. The molecule has 1 aliphatic rings. The number of benzene rings is 2. The van der Waals surface area contributed by atoms with Crippen LogP contribution in [0.15, 0.2) is 60.8 Å². The van der Waals surface area contributed by atoms with Crippen LogP contribution in [0, 0.1) is 12.8 Å². The highest BCUT2D eigenvalue weighted by Crippen LogP contribution is 2.24. The predicted molar refractivity (Wildman–Crippen MR) is 182 cm³/mol. The van der Waals surface area contributed by atoms with Gasteiger partial charge in [-0.25, -0.2) is 4.98 Å². The van der Waals surface area contributed by atoms with Crippen LogP contribution in [0.4, 0.5) is 5.69 Å². The highest BCUT2D eigenvalue weighted by Gasteiger charge is 2.09. The zero-order valence-electron chi connectivity index (χ0n) is 27.5. The fourth-order valence-electron chi connectivity index (χ4n) is 4.77. The van der Waals surface area contributed by atoms with E-state index in [1.807, 2.05) is 50.4 Å². The van der Waals surface area contributed by atoms with E-state index in [-0.39, 0.29) is 0 Å². The van der Waals surface area contributed by atoms with E-state index in [2.05, 4.69) is 66.7 Å². The van der Waals surface area contributed by atoms with Gasteiger partial charge in [0.1, 0.15) is 18.1 Å². The number of unbranched alkanes of at least 4 members (excludes halogenated alkanes) is 2. The first kappa shape index (κ1) is 37.3. The number of terminal acetylenes is 1.